The SMILES string of the molecule is Cc1cc(C(N)Cc2cccnc2N)nc2ccccc12. The lowest BCUT2D eigenvalue weighted by molar-refractivity contribution is 0.699. The Balaban J connectivity index is 1.95. The highest BCUT2D eigenvalue weighted by atomic mass is 14.8. The van der Waals surface area contributed by atoms with Crippen molar-refractivity contribution < 1.29 is 0 Å². The first kappa shape index (κ1) is 13.5. The van der Waals surface area contributed by atoms with E-state index in [1.54, 1.807) is 6.20 Å². The number of aryl methyl sites for hydroxylation is 1. The summed E-state index contributed by atoms with van der Waals surface area (Å²) >= 11 is 0. The van der Waals surface area contributed by atoms with Crippen LogP contribution in [-0.2, 0) is 6.42 Å². The van der Waals surface area contributed by atoms with E-state index in [2.05, 4.69) is 29.0 Å². The van der Waals surface area contributed by atoms with Gasteiger partial charge >= 0.3 is 0 Å². The van der Waals surface area contributed by atoms with Gasteiger partial charge in [0.05, 0.1) is 17.3 Å². The molecule has 0 fully saturated rings. The molecule has 21 heavy (non-hydrogen) atoms. The summed E-state index contributed by atoms with van der Waals surface area (Å²) < 4.78 is 0. The molecule has 4 heteroatoms. The second-order valence-corrected chi connectivity index (χ2v) is 5.24. The van der Waals surface area contributed by atoms with E-state index in [4.69, 9.17) is 11.5 Å². The van der Waals surface area contributed by atoms with Crippen LogP contribution in [0, 0.1) is 6.92 Å². The van der Waals surface area contributed by atoms with Gasteiger partial charge in [-0.2, -0.15) is 0 Å². The number of anilines is 1. The van der Waals surface area contributed by atoms with Crippen molar-refractivity contribution in [3.8, 4) is 0 Å². The van der Waals surface area contributed by atoms with E-state index in [9.17, 15) is 0 Å². The molecule has 3 aromatic rings. The van der Waals surface area contributed by atoms with Gasteiger partial charge in [0, 0.05) is 11.6 Å². The summed E-state index contributed by atoms with van der Waals surface area (Å²) in [6.07, 6.45) is 2.31. The molecule has 0 aliphatic heterocycles. The number of aromatic nitrogens is 2. The molecule has 0 aliphatic rings. The standard InChI is InChI=1S/C17H18N4/c1-11-9-16(21-15-7-3-2-6-13(11)15)14(18)10-12-5-4-8-20-17(12)19/h2-9,14H,10,18H2,1H3,(H2,19,20). The van der Waals surface area contributed by atoms with E-state index in [1.165, 1.54) is 5.56 Å². The molecule has 0 radical (unpaired) electrons. The van der Waals surface area contributed by atoms with Gasteiger partial charge in [-0.15, -0.1) is 0 Å². The zero-order chi connectivity index (χ0) is 14.8. The molecule has 4 nitrogen and oxygen atoms in total. The monoisotopic (exact) mass is 278 g/mol. The summed E-state index contributed by atoms with van der Waals surface area (Å²) in [5, 5.41) is 1.16. The minimum Gasteiger partial charge on any atom is -0.383 e. The normalized spacial score (nSPS) is 12.5. The van der Waals surface area contributed by atoms with Gasteiger partial charge < -0.3 is 11.5 Å². The Hall–Kier alpha value is -2.46. The maximum Gasteiger partial charge on any atom is 0.126 e. The third kappa shape index (κ3) is 2.71. The molecule has 0 bridgehead atoms. The fourth-order valence-electron chi connectivity index (χ4n) is 2.53. The first-order valence-corrected chi connectivity index (χ1v) is 6.96. The van der Waals surface area contributed by atoms with Crippen molar-refractivity contribution >= 4 is 16.7 Å². The van der Waals surface area contributed by atoms with Crippen LogP contribution in [0.15, 0.2) is 48.7 Å². The van der Waals surface area contributed by atoms with Gasteiger partial charge in [-0.25, -0.2) is 4.98 Å². The van der Waals surface area contributed by atoms with E-state index < -0.39 is 0 Å². The van der Waals surface area contributed by atoms with Gasteiger partial charge in [0.2, 0.25) is 0 Å². The Morgan fingerprint density at radius 2 is 1.95 bits per heavy atom. The van der Waals surface area contributed by atoms with Gasteiger partial charge in [-0.05, 0) is 42.7 Å². The molecule has 1 unspecified atom stereocenters. The number of pyridine rings is 2. The summed E-state index contributed by atoms with van der Waals surface area (Å²) in [6, 6.07) is 13.8. The van der Waals surface area contributed by atoms with Gasteiger partial charge in [-0.1, -0.05) is 24.3 Å². The number of nitrogens with zero attached hydrogens (tertiary/aromatic N) is 2. The van der Waals surface area contributed by atoms with Crippen molar-refractivity contribution in [2.45, 2.75) is 19.4 Å². The zero-order valence-electron chi connectivity index (χ0n) is 12.0. The van der Waals surface area contributed by atoms with Gasteiger partial charge in [0.1, 0.15) is 5.82 Å². The highest BCUT2D eigenvalue weighted by Gasteiger charge is 2.12. The average Bonchev–Trinajstić information content (AvgIpc) is 2.49. The Morgan fingerprint density at radius 1 is 1.14 bits per heavy atom. The number of hydrogen-bond donors (Lipinski definition) is 2. The van der Waals surface area contributed by atoms with Crippen LogP contribution in [0.2, 0.25) is 0 Å². The molecule has 4 N–H and O–H groups in total. The minimum atomic E-state index is -0.195. The molecule has 3 rings (SSSR count). The van der Waals surface area contributed by atoms with Crippen molar-refractivity contribution in [1.29, 1.82) is 0 Å². The molecular weight excluding hydrogens is 260 g/mol. The van der Waals surface area contributed by atoms with Crippen molar-refractivity contribution in [2.24, 2.45) is 5.73 Å². The maximum absolute atomic E-state index is 6.31. The van der Waals surface area contributed by atoms with Crippen LogP contribution in [0.1, 0.15) is 22.9 Å². The number of benzene rings is 1. The molecule has 1 aromatic carbocycles. The van der Waals surface area contributed by atoms with Gasteiger partial charge in [0.25, 0.3) is 0 Å². The van der Waals surface area contributed by atoms with Crippen LogP contribution >= 0.6 is 0 Å². The quantitative estimate of drug-likeness (QED) is 0.772. The second kappa shape index (κ2) is 5.50. The molecular formula is C17H18N4. The van der Waals surface area contributed by atoms with Crippen LogP contribution < -0.4 is 11.5 Å². The fourth-order valence-corrected chi connectivity index (χ4v) is 2.53. The average molecular weight is 278 g/mol. The Kier molecular flexibility index (Phi) is 3.54. The lowest BCUT2D eigenvalue weighted by atomic mass is 10.0. The van der Waals surface area contributed by atoms with Crippen molar-refractivity contribution in [3.05, 3.63) is 65.5 Å². The molecule has 2 aromatic heterocycles. The van der Waals surface area contributed by atoms with Crippen molar-refractivity contribution in [1.82, 2.24) is 9.97 Å². The van der Waals surface area contributed by atoms with Crippen LogP contribution in [0.3, 0.4) is 0 Å². The third-order valence-electron chi connectivity index (χ3n) is 3.69. The van der Waals surface area contributed by atoms with E-state index in [0.29, 0.717) is 12.2 Å². The van der Waals surface area contributed by atoms with Gasteiger partial charge in [0.15, 0.2) is 0 Å². The first-order valence-electron chi connectivity index (χ1n) is 6.96. The summed E-state index contributed by atoms with van der Waals surface area (Å²) in [7, 11) is 0. The number of para-hydroxylation sites is 1. The van der Waals surface area contributed by atoms with Gasteiger partial charge in [-0.3, -0.25) is 4.98 Å². The van der Waals surface area contributed by atoms with E-state index >= 15 is 0 Å². The number of rotatable bonds is 3. The molecule has 2 heterocycles. The lowest BCUT2D eigenvalue weighted by Crippen LogP contribution is -2.16. The summed E-state index contributed by atoms with van der Waals surface area (Å²) in [4.78, 5) is 8.77. The Labute approximate surface area is 123 Å². The summed E-state index contributed by atoms with van der Waals surface area (Å²) in [6.45, 7) is 2.08. The molecule has 0 saturated heterocycles. The van der Waals surface area contributed by atoms with E-state index in [0.717, 1.165) is 22.2 Å². The smallest absolute Gasteiger partial charge is 0.126 e. The fraction of sp³-hybridized carbons (Fsp3) is 0.176. The lowest BCUT2D eigenvalue weighted by Gasteiger charge is -2.14. The number of nitrogens with two attached hydrogens (primary N) is 2. The topological polar surface area (TPSA) is 77.8 Å². The first-order chi connectivity index (χ1) is 10.1. The minimum absolute atomic E-state index is 0.195. The predicted octanol–water partition coefficient (Wildman–Crippen LogP) is 2.76. The zero-order valence-corrected chi connectivity index (χ0v) is 12.0. The number of hydrogen-bond acceptors (Lipinski definition) is 4. The highest BCUT2D eigenvalue weighted by Crippen LogP contribution is 2.23. The highest BCUT2D eigenvalue weighted by molar-refractivity contribution is 5.82. The van der Waals surface area contributed by atoms with Crippen molar-refractivity contribution in [3.63, 3.8) is 0 Å². The van der Waals surface area contributed by atoms with Crippen molar-refractivity contribution in [2.75, 3.05) is 5.73 Å². The Morgan fingerprint density at radius 3 is 2.76 bits per heavy atom. The van der Waals surface area contributed by atoms with E-state index in [1.807, 2.05) is 30.3 Å². The predicted molar refractivity (Wildman–Crippen MR) is 85.8 cm³/mol. The summed E-state index contributed by atoms with van der Waals surface area (Å²) in [5.74, 6) is 0.533. The molecule has 0 spiro atoms. The molecule has 0 saturated carbocycles. The van der Waals surface area contributed by atoms with E-state index in [-0.39, 0.29) is 6.04 Å². The van der Waals surface area contributed by atoms with Crippen LogP contribution in [0.25, 0.3) is 10.9 Å². The molecule has 1 atom stereocenters. The second-order valence-electron chi connectivity index (χ2n) is 5.24. The van der Waals surface area contributed by atoms with Crippen LogP contribution in [0.5, 0.6) is 0 Å². The molecule has 0 aliphatic carbocycles. The van der Waals surface area contributed by atoms with Crippen LogP contribution in [0.4, 0.5) is 5.82 Å². The maximum atomic E-state index is 6.31. The van der Waals surface area contributed by atoms with Crippen LogP contribution in [-0.4, -0.2) is 9.97 Å². The molecule has 0 amide bonds. The largest absolute Gasteiger partial charge is 0.383 e. The Bertz CT molecular complexity index is 783. The third-order valence-corrected chi connectivity index (χ3v) is 3.69. The summed E-state index contributed by atoms with van der Waals surface area (Å²) in [5.41, 5.74) is 16.2. The number of fused-ring (bicyclic) bond motifs is 1. The number of nitrogen functional groups attached to an aromatic ring is 1. The molecule has 106 valence electrons.